The molecule has 2 aliphatic rings. The van der Waals surface area contributed by atoms with Crippen LogP contribution in [0.3, 0.4) is 0 Å². The van der Waals surface area contributed by atoms with Gasteiger partial charge in [-0.15, -0.1) is 0 Å². The van der Waals surface area contributed by atoms with Crippen molar-refractivity contribution in [1.29, 1.82) is 0 Å². The Morgan fingerprint density at radius 3 is 2.62 bits per heavy atom. The first kappa shape index (κ1) is 22.3. The molecule has 0 saturated carbocycles. The second-order valence-electron chi connectivity index (χ2n) is 9.07. The molecule has 2 fully saturated rings. The van der Waals surface area contributed by atoms with Crippen molar-refractivity contribution >= 4 is 23.2 Å². The second-order valence-corrected chi connectivity index (χ2v) is 9.07. The largest absolute Gasteiger partial charge is 0.338 e. The summed E-state index contributed by atoms with van der Waals surface area (Å²) in [7, 11) is 0. The van der Waals surface area contributed by atoms with E-state index in [1.54, 1.807) is 0 Å². The second kappa shape index (κ2) is 9.77. The van der Waals surface area contributed by atoms with Gasteiger partial charge in [-0.2, -0.15) is 4.98 Å². The van der Waals surface area contributed by atoms with Crippen LogP contribution in [0.2, 0.25) is 0 Å². The standard InChI is InChI=1S/C26H29N5O3/c1-18-16-21(9-10-22(18)31-13-5-8-24(31)32)27-26(33)20-11-14-30(15-12-20)17-23-28-25(29-34-23)19-6-3-2-4-7-19/h2-4,6-7,9-10,16,20H,5,8,11-15,17H2,1H3,(H,27,33). The van der Waals surface area contributed by atoms with E-state index < -0.39 is 0 Å². The highest BCUT2D eigenvalue weighted by Crippen LogP contribution is 2.28. The number of hydrogen-bond donors (Lipinski definition) is 1. The lowest BCUT2D eigenvalue weighted by molar-refractivity contribution is -0.121. The number of hydrogen-bond acceptors (Lipinski definition) is 6. The molecule has 0 spiro atoms. The Hall–Kier alpha value is -3.52. The average molecular weight is 460 g/mol. The fourth-order valence-electron chi connectivity index (χ4n) is 4.75. The maximum absolute atomic E-state index is 12.9. The van der Waals surface area contributed by atoms with Crippen LogP contribution in [0.15, 0.2) is 53.1 Å². The summed E-state index contributed by atoms with van der Waals surface area (Å²) < 4.78 is 5.43. The van der Waals surface area contributed by atoms with E-state index in [9.17, 15) is 9.59 Å². The molecule has 8 nitrogen and oxygen atoms in total. The van der Waals surface area contributed by atoms with Crippen LogP contribution < -0.4 is 10.2 Å². The Balaban J connectivity index is 1.13. The van der Waals surface area contributed by atoms with Crippen LogP contribution in [0, 0.1) is 12.8 Å². The molecule has 2 aliphatic heterocycles. The third-order valence-electron chi connectivity index (χ3n) is 6.65. The fourth-order valence-corrected chi connectivity index (χ4v) is 4.75. The Morgan fingerprint density at radius 1 is 1.12 bits per heavy atom. The summed E-state index contributed by atoms with van der Waals surface area (Å²) in [5, 5.41) is 7.15. The van der Waals surface area contributed by atoms with Crippen LogP contribution in [0.5, 0.6) is 0 Å². The highest BCUT2D eigenvalue weighted by Gasteiger charge is 2.27. The first-order valence-corrected chi connectivity index (χ1v) is 11.9. The van der Waals surface area contributed by atoms with E-state index in [2.05, 4.69) is 20.4 Å². The van der Waals surface area contributed by atoms with Gasteiger partial charge in [0.15, 0.2) is 0 Å². The van der Waals surface area contributed by atoms with Crippen molar-refractivity contribution < 1.29 is 14.1 Å². The first-order valence-electron chi connectivity index (χ1n) is 11.9. The number of carbonyl (C=O) groups is 2. The maximum Gasteiger partial charge on any atom is 0.241 e. The van der Waals surface area contributed by atoms with Gasteiger partial charge in [-0.05, 0) is 63.0 Å². The van der Waals surface area contributed by atoms with E-state index in [0.29, 0.717) is 24.7 Å². The third-order valence-corrected chi connectivity index (χ3v) is 6.65. The number of benzene rings is 2. The van der Waals surface area contributed by atoms with Crippen LogP contribution in [0.1, 0.15) is 37.1 Å². The van der Waals surface area contributed by atoms with E-state index in [4.69, 9.17) is 4.52 Å². The van der Waals surface area contributed by atoms with E-state index in [-0.39, 0.29) is 17.7 Å². The van der Waals surface area contributed by atoms with Gasteiger partial charge in [0, 0.05) is 35.8 Å². The van der Waals surface area contributed by atoms with Gasteiger partial charge < -0.3 is 14.7 Å². The summed E-state index contributed by atoms with van der Waals surface area (Å²) in [6.45, 7) is 4.94. The molecule has 34 heavy (non-hydrogen) atoms. The molecule has 2 saturated heterocycles. The number of likely N-dealkylation sites (tertiary alicyclic amines) is 1. The smallest absolute Gasteiger partial charge is 0.241 e. The maximum atomic E-state index is 12.9. The molecule has 0 aliphatic carbocycles. The zero-order valence-corrected chi connectivity index (χ0v) is 19.4. The molecule has 176 valence electrons. The van der Waals surface area contributed by atoms with Crippen molar-refractivity contribution in [3.05, 3.63) is 60.0 Å². The number of nitrogens with one attached hydrogen (secondary N) is 1. The molecule has 0 atom stereocenters. The van der Waals surface area contributed by atoms with E-state index in [1.165, 1.54) is 0 Å². The van der Waals surface area contributed by atoms with Crippen molar-refractivity contribution in [2.24, 2.45) is 5.92 Å². The summed E-state index contributed by atoms with van der Waals surface area (Å²) in [5.74, 6) is 1.38. The lowest BCUT2D eigenvalue weighted by atomic mass is 9.95. The van der Waals surface area contributed by atoms with Crippen molar-refractivity contribution in [2.45, 2.75) is 39.2 Å². The summed E-state index contributed by atoms with van der Waals surface area (Å²) in [6, 6.07) is 15.5. The van der Waals surface area contributed by atoms with Gasteiger partial charge in [0.2, 0.25) is 23.5 Å². The summed E-state index contributed by atoms with van der Waals surface area (Å²) in [6.07, 6.45) is 3.07. The van der Waals surface area contributed by atoms with Crippen molar-refractivity contribution in [1.82, 2.24) is 15.0 Å². The van der Waals surface area contributed by atoms with Crippen LogP contribution in [-0.4, -0.2) is 46.5 Å². The van der Waals surface area contributed by atoms with Crippen LogP contribution in [-0.2, 0) is 16.1 Å². The zero-order valence-electron chi connectivity index (χ0n) is 19.4. The molecule has 3 heterocycles. The van der Waals surface area contributed by atoms with E-state index in [1.807, 2.05) is 60.4 Å². The quantitative estimate of drug-likeness (QED) is 0.599. The van der Waals surface area contributed by atoms with Gasteiger partial charge in [0.05, 0.1) is 6.54 Å². The number of anilines is 2. The summed E-state index contributed by atoms with van der Waals surface area (Å²) in [4.78, 5) is 33.5. The van der Waals surface area contributed by atoms with Gasteiger partial charge in [0.25, 0.3) is 0 Å². The average Bonchev–Trinajstić information content (AvgIpc) is 3.49. The minimum Gasteiger partial charge on any atom is -0.338 e. The van der Waals surface area contributed by atoms with Crippen LogP contribution in [0.25, 0.3) is 11.4 Å². The Morgan fingerprint density at radius 2 is 1.91 bits per heavy atom. The Kier molecular flexibility index (Phi) is 6.40. The number of rotatable bonds is 6. The number of nitrogens with zero attached hydrogens (tertiary/aromatic N) is 4. The molecule has 0 radical (unpaired) electrons. The lowest BCUT2D eigenvalue weighted by Gasteiger charge is -2.30. The minimum absolute atomic E-state index is 0.0287. The molecule has 0 bridgehead atoms. The molecule has 8 heteroatoms. The number of aromatic nitrogens is 2. The number of amides is 2. The molecule has 5 rings (SSSR count). The molecule has 1 N–H and O–H groups in total. The van der Waals surface area contributed by atoms with E-state index >= 15 is 0 Å². The lowest BCUT2D eigenvalue weighted by Crippen LogP contribution is -2.37. The van der Waals surface area contributed by atoms with Gasteiger partial charge >= 0.3 is 0 Å². The predicted molar refractivity (Wildman–Crippen MR) is 129 cm³/mol. The SMILES string of the molecule is Cc1cc(NC(=O)C2CCN(Cc3nc(-c4ccccc4)no3)CC2)ccc1N1CCCC1=O. The summed E-state index contributed by atoms with van der Waals surface area (Å²) >= 11 is 0. The number of carbonyl (C=O) groups excluding carboxylic acids is 2. The normalized spacial score (nSPS) is 17.3. The molecule has 2 aromatic carbocycles. The van der Waals surface area contributed by atoms with Gasteiger partial charge in [-0.25, -0.2) is 0 Å². The Labute approximate surface area is 198 Å². The van der Waals surface area contributed by atoms with Crippen LogP contribution in [0.4, 0.5) is 11.4 Å². The molecule has 1 aromatic heterocycles. The van der Waals surface area contributed by atoms with Crippen molar-refractivity contribution in [3.8, 4) is 11.4 Å². The molecule has 2 amide bonds. The molecular formula is C26H29N5O3. The monoisotopic (exact) mass is 459 g/mol. The van der Waals surface area contributed by atoms with Gasteiger partial charge in [0.1, 0.15) is 0 Å². The third kappa shape index (κ3) is 4.87. The topological polar surface area (TPSA) is 91.6 Å². The Bertz CT molecular complexity index is 1170. The van der Waals surface area contributed by atoms with E-state index in [0.717, 1.165) is 61.4 Å². The number of aryl methyl sites for hydroxylation is 1. The van der Waals surface area contributed by atoms with Gasteiger partial charge in [-0.3, -0.25) is 14.5 Å². The predicted octanol–water partition coefficient (Wildman–Crippen LogP) is 4.02. The van der Waals surface area contributed by atoms with Gasteiger partial charge in [-0.1, -0.05) is 35.5 Å². The minimum atomic E-state index is -0.0287. The highest BCUT2D eigenvalue weighted by atomic mass is 16.5. The van der Waals surface area contributed by atoms with Crippen molar-refractivity contribution in [3.63, 3.8) is 0 Å². The molecule has 0 unspecified atom stereocenters. The van der Waals surface area contributed by atoms with Crippen molar-refractivity contribution in [2.75, 3.05) is 29.9 Å². The molecule has 3 aromatic rings. The number of piperidine rings is 1. The first-order chi connectivity index (χ1) is 16.6. The summed E-state index contributed by atoms with van der Waals surface area (Å²) in [5.41, 5.74) is 3.64. The molecular weight excluding hydrogens is 430 g/mol. The zero-order chi connectivity index (χ0) is 23.5. The highest BCUT2D eigenvalue weighted by molar-refractivity contribution is 5.97. The fraction of sp³-hybridized carbons (Fsp3) is 0.385. The van der Waals surface area contributed by atoms with Crippen LogP contribution >= 0.6 is 0 Å².